The van der Waals surface area contributed by atoms with Gasteiger partial charge in [-0.1, -0.05) is 71.8 Å². The molecule has 132 valence electrons. The van der Waals surface area contributed by atoms with Crippen molar-refractivity contribution < 1.29 is 9.21 Å². The van der Waals surface area contributed by atoms with Crippen LogP contribution in [0.1, 0.15) is 32.9 Å². The summed E-state index contributed by atoms with van der Waals surface area (Å²) in [4.78, 5) is 17.8. The van der Waals surface area contributed by atoms with E-state index in [4.69, 9.17) is 4.42 Å². The van der Waals surface area contributed by atoms with E-state index in [-0.39, 0.29) is 5.78 Å². The molecule has 0 aliphatic carbocycles. The zero-order valence-corrected chi connectivity index (χ0v) is 15.3. The summed E-state index contributed by atoms with van der Waals surface area (Å²) in [7, 11) is 0. The Kier molecular flexibility index (Phi) is 4.43. The van der Waals surface area contributed by atoms with E-state index >= 15 is 0 Å². The lowest BCUT2D eigenvalue weighted by molar-refractivity contribution is 0.105. The van der Waals surface area contributed by atoms with E-state index in [9.17, 15) is 4.79 Å². The summed E-state index contributed by atoms with van der Waals surface area (Å²) in [5.74, 6) is 0.226. The molecule has 0 bridgehead atoms. The van der Waals surface area contributed by atoms with Crippen LogP contribution in [0, 0.1) is 13.8 Å². The van der Waals surface area contributed by atoms with Gasteiger partial charge in [0.2, 0.25) is 5.89 Å². The van der Waals surface area contributed by atoms with Gasteiger partial charge < -0.3 is 4.42 Å². The molecule has 4 aromatic rings. The number of para-hydroxylation sites is 2. The summed E-state index contributed by atoms with van der Waals surface area (Å²) in [6, 6.07) is 23.1. The number of carbonyl (C=O) groups excluding carboxylic acids is 1. The van der Waals surface area contributed by atoms with Crippen molar-refractivity contribution in [3.63, 3.8) is 0 Å². The Morgan fingerprint density at radius 2 is 1.48 bits per heavy atom. The average molecular weight is 353 g/mol. The number of fused-ring (bicyclic) bond motifs is 1. The number of ketones is 1. The van der Waals surface area contributed by atoms with Crippen molar-refractivity contribution in [2.45, 2.75) is 13.8 Å². The number of carbonyl (C=O) groups is 1. The lowest BCUT2D eigenvalue weighted by atomic mass is 9.99. The minimum absolute atomic E-state index is 0.109. The molecule has 1 aromatic heterocycles. The van der Waals surface area contributed by atoms with Gasteiger partial charge in [0.25, 0.3) is 0 Å². The highest BCUT2D eigenvalue weighted by atomic mass is 16.3. The van der Waals surface area contributed by atoms with E-state index in [1.807, 2.05) is 92.7 Å². The Balaban J connectivity index is 1.84. The number of rotatable bonds is 4. The molecular formula is C24H19NO2. The standard InChI is InChI=1S/C24H19NO2/c1-16-7-11-18(12-8-16)15-20(23(26)19-13-9-17(2)10-14-19)24-25-21-5-3-4-6-22(21)27-24/h3-15H,1-2H3. The molecule has 0 saturated carbocycles. The van der Waals surface area contributed by atoms with Crippen LogP contribution in [-0.4, -0.2) is 10.8 Å². The molecule has 27 heavy (non-hydrogen) atoms. The number of Topliss-reactive ketones (excluding diaryl/α,β-unsaturated/α-hetero) is 1. The number of aryl methyl sites for hydroxylation is 2. The predicted octanol–water partition coefficient (Wildman–Crippen LogP) is 5.87. The van der Waals surface area contributed by atoms with E-state index < -0.39 is 0 Å². The van der Waals surface area contributed by atoms with Crippen LogP contribution in [-0.2, 0) is 0 Å². The quantitative estimate of drug-likeness (QED) is 0.340. The van der Waals surface area contributed by atoms with Gasteiger partial charge >= 0.3 is 0 Å². The molecule has 3 aromatic carbocycles. The van der Waals surface area contributed by atoms with E-state index in [2.05, 4.69) is 4.98 Å². The van der Waals surface area contributed by atoms with Crippen molar-refractivity contribution in [3.8, 4) is 0 Å². The molecule has 4 rings (SSSR count). The largest absolute Gasteiger partial charge is 0.436 e. The van der Waals surface area contributed by atoms with Crippen LogP contribution in [0.15, 0.2) is 77.2 Å². The second kappa shape index (κ2) is 7.04. The molecule has 0 spiro atoms. The molecule has 0 N–H and O–H groups in total. The first-order chi connectivity index (χ1) is 13.1. The maximum atomic E-state index is 13.2. The van der Waals surface area contributed by atoms with Crippen molar-refractivity contribution in [1.29, 1.82) is 0 Å². The summed E-state index contributed by atoms with van der Waals surface area (Å²) in [6.45, 7) is 4.03. The van der Waals surface area contributed by atoms with Crippen LogP contribution >= 0.6 is 0 Å². The minimum atomic E-state index is -0.109. The molecule has 0 fully saturated rings. The van der Waals surface area contributed by atoms with Gasteiger partial charge in [-0.2, -0.15) is 0 Å². The SMILES string of the molecule is Cc1ccc(C=C(C(=O)c2ccc(C)cc2)c2nc3ccccc3o2)cc1. The zero-order valence-electron chi connectivity index (χ0n) is 15.3. The van der Waals surface area contributed by atoms with Gasteiger partial charge in [0.05, 0.1) is 5.57 Å². The molecule has 3 heteroatoms. The van der Waals surface area contributed by atoms with E-state index in [0.29, 0.717) is 22.6 Å². The summed E-state index contributed by atoms with van der Waals surface area (Å²) < 4.78 is 5.89. The van der Waals surface area contributed by atoms with Crippen molar-refractivity contribution in [3.05, 3.63) is 101 Å². The Hall–Kier alpha value is -3.46. The van der Waals surface area contributed by atoms with Crippen LogP contribution in [0.4, 0.5) is 0 Å². The van der Waals surface area contributed by atoms with E-state index in [0.717, 1.165) is 16.6 Å². The Morgan fingerprint density at radius 1 is 0.852 bits per heavy atom. The third-order valence-corrected chi connectivity index (χ3v) is 4.47. The molecule has 0 saturated heterocycles. The first-order valence-electron chi connectivity index (χ1n) is 8.86. The molecule has 0 amide bonds. The fraction of sp³-hybridized carbons (Fsp3) is 0.0833. The fourth-order valence-corrected chi connectivity index (χ4v) is 2.90. The summed E-state index contributed by atoms with van der Waals surface area (Å²) >= 11 is 0. The highest BCUT2D eigenvalue weighted by Gasteiger charge is 2.20. The molecular weight excluding hydrogens is 334 g/mol. The van der Waals surface area contributed by atoms with Gasteiger partial charge in [0, 0.05) is 5.56 Å². The molecule has 3 nitrogen and oxygen atoms in total. The van der Waals surface area contributed by atoms with Crippen LogP contribution < -0.4 is 0 Å². The Morgan fingerprint density at radius 3 is 2.15 bits per heavy atom. The zero-order chi connectivity index (χ0) is 18.8. The van der Waals surface area contributed by atoms with Gasteiger partial charge in [0.1, 0.15) is 5.52 Å². The number of hydrogen-bond acceptors (Lipinski definition) is 3. The average Bonchev–Trinajstić information content (AvgIpc) is 3.11. The topological polar surface area (TPSA) is 43.1 Å². The predicted molar refractivity (Wildman–Crippen MR) is 109 cm³/mol. The second-order valence-electron chi connectivity index (χ2n) is 6.65. The Labute approximate surface area is 158 Å². The van der Waals surface area contributed by atoms with E-state index in [1.165, 1.54) is 5.56 Å². The highest BCUT2D eigenvalue weighted by molar-refractivity contribution is 6.31. The smallest absolute Gasteiger partial charge is 0.231 e. The Bertz CT molecular complexity index is 1100. The molecule has 0 radical (unpaired) electrons. The third kappa shape index (κ3) is 3.58. The molecule has 1 heterocycles. The summed E-state index contributed by atoms with van der Waals surface area (Å²) in [6.07, 6.45) is 1.84. The molecule has 0 aliphatic rings. The minimum Gasteiger partial charge on any atom is -0.436 e. The number of allylic oxidation sites excluding steroid dienone is 1. The van der Waals surface area contributed by atoms with Crippen molar-refractivity contribution in [2.24, 2.45) is 0 Å². The number of hydrogen-bond donors (Lipinski definition) is 0. The second-order valence-corrected chi connectivity index (χ2v) is 6.65. The fourth-order valence-electron chi connectivity index (χ4n) is 2.90. The molecule has 0 unspecified atom stereocenters. The van der Waals surface area contributed by atoms with Crippen LogP contribution in [0.5, 0.6) is 0 Å². The van der Waals surface area contributed by atoms with Crippen LogP contribution in [0.25, 0.3) is 22.7 Å². The third-order valence-electron chi connectivity index (χ3n) is 4.47. The van der Waals surface area contributed by atoms with Gasteiger partial charge in [-0.15, -0.1) is 0 Å². The molecule has 0 aliphatic heterocycles. The van der Waals surface area contributed by atoms with Crippen molar-refractivity contribution in [1.82, 2.24) is 4.98 Å². The first kappa shape index (κ1) is 17.0. The van der Waals surface area contributed by atoms with Crippen LogP contribution in [0.2, 0.25) is 0 Å². The number of benzene rings is 3. The summed E-state index contributed by atoms with van der Waals surface area (Å²) in [5, 5.41) is 0. The van der Waals surface area contributed by atoms with Gasteiger partial charge in [-0.3, -0.25) is 4.79 Å². The van der Waals surface area contributed by atoms with Crippen molar-refractivity contribution >= 4 is 28.5 Å². The van der Waals surface area contributed by atoms with Crippen LogP contribution in [0.3, 0.4) is 0 Å². The number of nitrogens with zero attached hydrogens (tertiary/aromatic N) is 1. The van der Waals surface area contributed by atoms with Gasteiger partial charge in [-0.05, 0) is 37.6 Å². The maximum Gasteiger partial charge on any atom is 0.231 e. The maximum absolute atomic E-state index is 13.2. The van der Waals surface area contributed by atoms with Gasteiger partial charge in [-0.25, -0.2) is 4.98 Å². The number of oxazole rings is 1. The number of aromatic nitrogens is 1. The van der Waals surface area contributed by atoms with Gasteiger partial charge in [0.15, 0.2) is 11.4 Å². The highest BCUT2D eigenvalue weighted by Crippen LogP contribution is 2.26. The lowest BCUT2D eigenvalue weighted by Gasteiger charge is -2.05. The monoisotopic (exact) mass is 353 g/mol. The summed E-state index contributed by atoms with van der Waals surface area (Å²) in [5.41, 5.74) is 5.66. The first-order valence-corrected chi connectivity index (χ1v) is 8.86. The normalized spacial score (nSPS) is 11.7. The molecule has 0 atom stereocenters. The van der Waals surface area contributed by atoms with Crippen molar-refractivity contribution in [2.75, 3.05) is 0 Å². The lowest BCUT2D eigenvalue weighted by Crippen LogP contribution is -2.03. The van der Waals surface area contributed by atoms with E-state index in [1.54, 1.807) is 0 Å².